The summed E-state index contributed by atoms with van der Waals surface area (Å²) in [5, 5.41) is 3.96. The van der Waals surface area contributed by atoms with E-state index in [0.29, 0.717) is 4.61 Å². The van der Waals surface area contributed by atoms with Gasteiger partial charge < -0.3 is 0 Å². The van der Waals surface area contributed by atoms with Gasteiger partial charge in [-0.3, -0.25) is 0 Å². The van der Waals surface area contributed by atoms with Gasteiger partial charge in [0.15, 0.2) is 23.0 Å². The zero-order chi connectivity index (χ0) is 4.83. The summed E-state index contributed by atoms with van der Waals surface area (Å²) in [6, 6.07) is 0. The summed E-state index contributed by atoms with van der Waals surface area (Å²) in [6.45, 7) is 0. The van der Waals surface area contributed by atoms with Crippen molar-refractivity contribution in [2.24, 2.45) is 0 Å². The lowest BCUT2D eigenvalue weighted by atomic mass is 11.8. The van der Waals surface area contributed by atoms with E-state index in [1.54, 1.807) is 23.0 Å². The molecule has 0 bridgehead atoms. The second-order valence-electron chi connectivity index (χ2n) is 0.358. The Morgan fingerprint density at radius 2 is 2.17 bits per heavy atom. The lowest BCUT2D eigenvalue weighted by Crippen LogP contribution is -1.83. The predicted octanol–water partition coefficient (Wildman–Crippen LogP) is 1.61. The van der Waals surface area contributed by atoms with Gasteiger partial charge in [-0.05, 0) is 0 Å². The standard InChI is InChI=1S/CH2I2O3/c2-1-4-6-5-3/h1H2. The predicted molar refractivity (Wildman–Crippen MR) is 36.2 cm³/mol. The molecule has 0 heterocycles. The maximum atomic E-state index is 4.24. The maximum absolute atomic E-state index is 4.24. The molecule has 0 aliphatic heterocycles. The van der Waals surface area contributed by atoms with Crippen molar-refractivity contribution in [2.45, 2.75) is 0 Å². The summed E-state index contributed by atoms with van der Waals surface area (Å²) in [7, 11) is 0. The molecule has 0 aliphatic rings. The normalized spacial score (nSPS) is 9.00. The Kier molecular flexibility index (Phi) is 7.76. The number of alkyl halides is 1. The number of hydrogen-bond acceptors (Lipinski definition) is 3. The van der Waals surface area contributed by atoms with Gasteiger partial charge in [-0.1, -0.05) is 27.6 Å². The second kappa shape index (κ2) is 6.34. The molecular formula is CH2I2O3. The van der Waals surface area contributed by atoms with Gasteiger partial charge in [0, 0.05) is 0 Å². The summed E-state index contributed by atoms with van der Waals surface area (Å²) < 4.78 is 4.50. The smallest absolute Gasteiger partial charge is 0.158 e. The van der Waals surface area contributed by atoms with Crippen LogP contribution in [-0.4, -0.2) is 4.61 Å². The van der Waals surface area contributed by atoms with E-state index in [4.69, 9.17) is 0 Å². The Morgan fingerprint density at radius 1 is 1.50 bits per heavy atom. The van der Waals surface area contributed by atoms with Crippen molar-refractivity contribution in [3.8, 4) is 0 Å². The first-order valence-electron chi connectivity index (χ1n) is 1.04. The fourth-order valence-electron chi connectivity index (χ4n) is 0.0364. The molecule has 0 spiro atoms. The average Bonchev–Trinajstić information content (AvgIpc) is 1.61. The van der Waals surface area contributed by atoms with Crippen molar-refractivity contribution in [3.05, 3.63) is 0 Å². The van der Waals surface area contributed by atoms with E-state index >= 15 is 0 Å². The number of rotatable bonds is 3. The van der Waals surface area contributed by atoms with Gasteiger partial charge in [-0.25, -0.2) is 0 Å². The third-order valence-corrected chi connectivity index (χ3v) is 0.519. The lowest BCUT2D eigenvalue weighted by Gasteiger charge is -1.87. The van der Waals surface area contributed by atoms with Crippen molar-refractivity contribution >= 4 is 45.6 Å². The Bertz CT molecular complexity index is 20.8. The second-order valence-corrected chi connectivity index (χ2v) is 1.34. The molecule has 5 heteroatoms. The van der Waals surface area contributed by atoms with E-state index in [9.17, 15) is 0 Å². The highest BCUT2D eigenvalue weighted by atomic mass is 127. The Morgan fingerprint density at radius 3 is 2.33 bits per heavy atom. The highest BCUT2D eigenvalue weighted by molar-refractivity contribution is 14.1. The van der Waals surface area contributed by atoms with Gasteiger partial charge in [0.1, 0.15) is 4.61 Å². The third kappa shape index (κ3) is 5.34. The van der Waals surface area contributed by atoms with Crippen molar-refractivity contribution < 1.29 is 13.1 Å². The minimum atomic E-state index is 0.473. The Balaban J connectivity index is 2.34. The van der Waals surface area contributed by atoms with Crippen LogP contribution >= 0.6 is 45.6 Å². The Hall–Kier alpha value is 1.34. The molecule has 3 nitrogen and oxygen atoms in total. The largest absolute Gasteiger partial charge is 0.195 e. The molecule has 0 saturated heterocycles. The highest BCUT2D eigenvalue weighted by Crippen LogP contribution is 1.90. The molecule has 0 atom stereocenters. The summed E-state index contributed by atoms with van der Waals surface area (Å²) >= 11 is 3.54. The van der Waals surface area contributed by atoms with Crippen LogP contribution in [0.3, 0.4) is 0 Å². The lowest BCUT2D eigenvalue weighted by molar-refractivity contribution is -0.436. The fourth-order valence-corrected chi connectivity index (χ4v) is 0.244. The molecule has 0 saturated carbocycles. The van der Waals surface area contributed by atoms with Gasteiger partial charge in [0.2, 0.25) is 0 Å². The monoisotopic (exact) mass is 316 g/mol. The molecule has 6 heavy (non-hydrogen) atoms. The van der Waals surface area contributed by atoms with Crippen LogP contribution < -0.4 is 0 Å². The molecular weight excluding hydrogens is 314 g/mol. The highest BCUT2D eigenvalue weighted by Gasteiger charge is 1.75. The quantitative estimate of drug-likeness (QED) is 0.260. The zero-order valence-corrected chi connectivity index (χ0v) is 7.00. The molecule has 0 aromatic carbocycles. The van der Waals surface area contributed by atoms with E-state index < -0.39 is 0 Å². The van der Waals surface area contributed by atoms with Crippen LogP contribution in [0.5, 0.6) is 0 Å². The molecule has 0 aliphatic carbocycles. The Labute approximate surface area is 63.0 Å². The molecule has 0 unspecified atom stereocenters. The van der Waals surface area contributed by atoms with Crippen LogP contribution in [0.15, 0.2) is 0 Å². The van der Waals surface area contributed by atoms with Crippen LogP contribution in [0.25, 0.3) is 0 Å². The SMILES string of the molecule is ICOOOI. The van der Waals surface area contributed by atoms with E-state index in [2.05, 4.69) is 13.1 Å². The first-order valence-corrected chi connectivity index (χ1v) is 3.45. The molecule has 38 valence electrons. The van der Waals surface area contributed by atoms with Crippen molar-refractivity contribution in [2.75, 3.05) is 4.61 Å². The van der Waals surface area contributed by atoms with Gasteiger partial charge in [-0.15, -0.1) is 3.22 Å². The van der Waals surface area contributed by atoms with Crippen molar-refractivity contribution in [3.63, 3.8) is 0 Å². The topological polar surface area (TPSA) is 27.7 Å². The van der Waals surface area contributed by atoms with Crippen LogP contribution in [0.1, 0.15) is 0 Å². The number of halogens is 2. The van der Waals surface area contributed by atoms with Crippen molar-refractivity contribution in [1.29, 1.82) is 0 Å². The van der Waals surface area contributed by atoms with Gasteiger partial charge in [-0.2, -0.15) is 4.89 Å². The minimum Gasteiger partial charge on any atom is -0.195 e. The molecule has 0 aromatic rings. The summed E-state index contributed by atoms with van der Waals surface area (Å²) in [4.78, 5) is 4.24. The van der Waals surface area contributed by atoms with E-state index in [1.165, 1.54) is 0 Å². The first kappa shape index (κ1) is 7.34. The van der Waals surface area contributed by atoms with Crippen molar-refractivity contribution in [1.82, 2.24) is 0 Å². The van der Waals surface area contributed by atoms with E-state index in [1.807, 2.05) is 22.6 Å². The summed E-state index contributed by atoms with van der Waals surface area (Å²) in [5.41, 5.74) is 0. The van der Waals surface area contributed by atoms with Gasteiger partial charge in [0.05, 0.1) is 0 Å². The summed E-state index contributed by atoms with van der Waals surface area (Å²) in [6.07, 6.45) is 0. The molecule has 0 N–H and O–H groups in total. The molecule has 0 aromatic heterocycles. The minimum absolute atomic E-state index is 0.473. The van der Waals surface area contributed by atoms with Gasteiger partial charge >= 0.3 is 0 Å². The molecule has 0 amide bonds. The maximum Gasteiger partial charge on any atom is 0.158 e. The molecule has 0 rings (SSSR count). The summed E-state index contributed by atoms with van der Waals surface area (Å²) in [5.74, 6) is 0. The van der Waals surface area contributed by atoms with Crippen LogP contribution in [-0.2, 0) is 13.1 Å². The zero-order valence-electron chi connectivity index (χ0n) is 2.69. The number of hydrogen-bond donors (Lipinski definition) is 0. The van der Waals surface area contributed by atoms with E-state index in [0.717, 1.165) is 0 Å². The van der Waals surface area contributed by atoms with Crippen LogP contribution in [0.2, 0.25) is 0 Å². The van der Waals surface area contributed by atoms with Crippen LogP contribution in [0.4, 0.5) is 0 Å². The molecule has 0 radical (unpaired) electrons. The fraction of sp³-hybridized carbons (Fsp3) is 1.00. The van der Waals surface area contributed by atoms with Gasteiger partial charge in [0.25, 0.3) is 0 Å². The van der Waals surface area contributed by atoms with E-state index in [-0.39, 0.29) is 0 Å². The molecule has 0 fully saturated rings. The average molecular weight is 316 g/mol. The third-order valence-electron chi connectivity index (χ3n) is 0.118. The van der Waals surface area contributed by atoms with Crippen LogP contribution in [0, 0.1) is 0 Å². The first-order chi connectivity index (χ1) is 2.91.